The second-order valence-electron chi connectivity index (χ2n) is 7.09. The summed E-state index contributed by atoms with van der Waals surface area (Å²) in [6, 6.07) is 0. The number of rotatable bonds is 12. The van der Waals surface area contributed by atoms with Gasteiger partial charge in [-0.05, 0) is 40.0 Å². The van der Waals surface area contributed by atoms with Gasteiger partial charge in [0.15, 0.2) is 0 Å². The van der Waals surface area contributed by atoms with E-state index in [-0.39, 0.29) is 6.42 Å². The predicted octanol–water partition coefficient (Wildman–Crippen LogP) is 5.12. The molecule has 0 aromatic rings. The molecule has 4 nitrogen and oxygen atoms in total. The van der Waals surface area contributed by atoms with Gasteiger partial charge in [0.05, 0.1) is 12.3 Å². The zero-order chi connectivity index (χ0) is 17.7. The molecule has 0 saturated carbocycles. The molecule has 0 amide bonds. The van der Waals surface area contributed by atoms with Gasteiger partial charge in [-0.1, -0.05) is 51.2 Å². The number of hydrogen-bond donors (Lipinski definition) is 1. The van der Waals surface area contributed by atoms with E-state index in [2.05, 4.69) is 6.92 Å². The molecular weight excluding hydrogens is 292 g/mol. The number of ether oxygens (including phenoxy) is 1. The van der Waals surface area contributed by atoms with Gasteiger partial charge in [0.2, 0.25) is 0 Å². The van der Waals surface area contributed by atoms with Crippen molar-refractivity contribution >= 4 is 11.9 Å². The van der Waals surface area contributed by atoms with Crippen LogP contribution < -0.4 is 0 Å². The highest BCUT2D eigenvalue weighted by molar-refractivity contribution is 5.79. The van der Waals surface area contributed by atoms with Crippen LogP contribution in [-0.4, -0.2) is 22.6 Å². The Morgan fingerprint density at radius 1 is 1.04 bits per heavy atom. The molecule has 0 saturated heterocycles. The Morgan fingerprint density at radius 3 is 2.22 bits per heavy atom. The first-order chi connectivity index (χ1) is 10.8. The summed E-state index contributed by atoms with van der Waals surface area (Å²) in [4.78, 5) is 22.9. The average Bonchev–Trinajstić information content (AvgIpc) is 2.42. The number of allylic oxidation sites excluding steroid dienone is 2. The van der Waals surface area contributed by atoms with Gasteiger partial charge in [-0.3, -0.25) is 9.59 Å². The molecule has 1 N–H and O–H groups in total. The highest BCUT2D eigenvalue weighted by Gasteiger charge is 2.24. The van der Waals surface area contributed by atoms with Crippen LogP contribution in [0.25, 0.3) is 0 Å². The van der Waals surface area contributed by atoms with Crippen LogP contribution in [0.2, 0.25) is 0 Å². The maximum absolute atomic E-state index is 11.7. The number of aliphatic carboxylic acids is 1. The zero-order valence-electron chi connectivity index (χ0n) is 15.3. The van der Waals surface area contributed by atoms with Gasteiger partial charge in [-0.25, -0.2) is 0 Å². The van der Waals surface area contributed by atoms with Crippen molar-refractivity contribution in [3.8, 4) is 0 Å². The summed E-state index contributed by atoms with van der Waals surface area (Å²) in [5, 5.41) is 9.20. The highest BCUT2D eigenvalue weighted by atomic mass is 16.6. The molecule has 0 bridgehead atoms. The summed E-state index contributed by atoms with van der Waals surface area (Å²) < 4.78 is 5.18. The van der Waals surface area contributed by atoms with E-state index < -0.39 is 23.5 Å². The van der Waals surface area contributed by atoms with E-state index in [0.29, 0.717) is 6.42 Å². The van der Waals surface area contributed by atoms with E-state index in [9.17, 15) is 14.7 Å². The van der Waals surface area contributed by atoms with E-state index in [1.54, 1.807) is 20.8 Å². The summed E-state index contributed by atoms with van der Waals surface area (Å²) in [6.07, 6.45) is 12.7. The molecule has 0 heterocycles. The van der Waals surface area contributed by atoms with E-state index in [1.807, 2.05) is 12.2 Å². The Labute approximate surface area is 141 Å². The molecule has 0 radical (unpaired) electrons. The average molecular weight is 326 g/mol. The van der Waals surface area contributed by atoms with Gasteiger partial charge in [0.25, 0.3) is 0 Å². The smallest absolute Gasteiger partial charge is 0.307 e. The second-order valence-corrected chi connectivity index (χ2v) is 7.09. The Balaban J connectivity index is 3.98. The maximum Gasteiger partial charge on any atom is 0.307 e. The molecule has 0 rings (SSSR count). The van der Waals surface area contributed by atoms with Crippen molar-refractivity contribution in [1.82, 2.24) is 0 Å². The van der Waals surface area contributed by atoms with Gasteiger partial charge in [0.1, 0.15) is 5.60 Å². The molecule has 0 aromatic heterocycles. The molecule has 23 heavy (non-hydrogen) atoms. The van der Waals surface area contributed by atoms with Crippen LogP contribution in [0.5, 0.6) is 0 Å². The fourth-order valence-corrected chi connectivity index (χ4v) is 2.28. The summed E-state index contributed by atoms with van der Waals surface area (Å²) >= 11 is 0. The van der Waals surface area contributed by atoms with Crippen molar-refractivity contribution in [3.05, 3.63) is 12.2 Å². The SMILES string of the molecule is CCCCCCCC/C=C/C[C@H](CC(=O)OC(C)(C)C)C(=O)O. The summed E-state index contributed by atoms with van der Waals surface area (Å²) in [5.41, 5.74) is -0.576. The molecule has 0 aromatic carbocycles. The van der Waals surface area contributed by atoms with Crippen LogP contribution in [0.4, 0.5) is 0 Å². The number of carboxylic acid groups (broad SMARTS) is 1. The first-order valence-corrected chi connectivity index (χ1v) is 8.86. The highest BCUT2D eigenvalue weighted by Crippen LogP contribution is 2.16. The molecule has 0 aliphatic rings. The third-order valence-electron chi connectivity index (χ3n) is 3.49. The molecule has 0 aliphatic carbocycles. The number of carbonyl (C=O) groups excluding carboxylic acids is 1. The van der Waals surface area contributed by atoms with Crippen LogP contribution in [0.3, 0.4) is 0 Å². The van der Waals surface area contributed by atoms with Crippen molar-refractivity contribution in [2.75, 3.05) is 0 Å². The number of unbranched alkanes of at least 4 members (excludes halogenated alkanes) is 6. The monoisotopic (exact) mass is 326 g/mol. The van der Waals surface area contributed by atoms with Crippen LogP contribution >= 0.6 is 0 Å². The van der Waals surface area contributed by atoms with Crippen LogP contribution in [0.15, 0.2) is 12.2 Å². The van der Waals surface area contributed by atoms with E-state index >= 15 is 0 Å². The minimum atomic E-state index is -0.944. The Hall–Kier alpha value is -1.32. The maximum atomic E-state index is 11.7. The number of esters is 1. The molecule has 134 valence electrons. The minimum absolute atomic E-state index is 0.0754. The quantitative estimate of drug-likeness (QED) is 0.307. The lowest BCUT2D eigenvalue weighted by Gasteiger charge is -2.20. The molecule has 0 aliphatic heterocycles. The van der Waals surface area contributed by atoms with Crippen molar-refractivity contribution in [1.29, 1.82) is 0 Å². The van der Waals surface area contributed by atoms with E-state index in [1.165, 1.54) is 32.1 Å². The van der Waals surface area contributed by atoms with E-state index in [0.717, 1.165) is 12.8 Å². The lowest BCUT2D eigenvalue weighted by atomic mass is 10.0. The van der Waals surface area contributed by atoms with Gasteiger partial charge in [-0.2, -0.15) is 0 Å². The Kier molecular flexibility index (Phi) is 11.4. The lowest BCUT2D eigenvalue weighted by Crippen LogP contribution is -2.27. The largest absolute Gasteiger partial charge is 0.481 e. The minimum Gasteiger partial charge on any atom is -0.481 e. The van der Waals surface area contributed by atoms with Crippen LogP contribution in [-0.2, 0) is 14.3 Å². The molecular formula is C19H34O4. The first kappa shape index (κ1) is 21.7. The molecule has 0 spiro atoms. The third kappa shape index (κ3) is 14.0. The molecule has 0 unspecified atom stereocenters. The Bertz CT molecular complexity index is 366. The lowest BCUT2D eigenvalue weighted by molar-refractivity contribution is -0.159. The second kappa shape index (κ2) is 12.1. The standard InChI is InChI=1S/C19H34O4/c1-5-6-7-8-9-10-11-12-13-14-16(18(21)22)15-17(20)23-19(2,3)4/h12-13,16H,5-11,14-15H2,1-4H3,(H,21,22)/b13-12+/t16-/m1/s1. The van der Waals surface area contributed by atoms with Crippen LogP contribution in [0.1, 0.15) is 85.5 Å². The van der Waals surface area contributed by atoms with E-state index in [4.69, 9.17) is 4.74 Å². The zero-order valence-corrected chi connectivity index (χ0v) is 15.3. The molecule has 1 atom stereocenters. The van der Waals surface area contributed by atoms with Crippen molar-refractivity contribution in [2.45, 2.75) is 91.1 Å². The van der Waals surface area contributed by atoms with Crippen molar-refractivity contribution in [2.24, 2.45) is 5.92 Å². The summed E-state index contributed by atoms with van der Waals surface area (Å²) in [7, 11) is 0. The van der Waals surface area contributed by atoms with Gasteiger partial charge in [-0.15, -0.1) is 0 Å². The third-order valence-corrected chi connectivity index (χ3v) is 3.49. The van der Waals surface area contributed by atoms with Crippen LogP contribution in [0, 0.1) is 5.92 Å². The summed E-state index contributed by atoms with van der Waals surface area (Å²) in [5.74, 6) is -2.10. The van der Waals surface area contributed by atoms with Gasteiger partial charge >= 0.3 is 11.9 Å². The molecule has 0 fully saturated rings. The predicted molar refractivity (Wildman–Crippen MR) is 93.3 cm³/mol. The van der Waals surface area contributed by atoms with Crippen molar-refractivity contribution < 1.29 is 19.4 Å². The molecule has 4 heteroatoms. The number of carbonyl (C=O) groups is 2. The number of carboxylic acids is 1. The van der Waals surface area contributed by atoms with Crippen molar-refractivity contribution in [3.63, 3.8) is 0 Å². The normalized spacial score (nSPS) is 13.2. The first-order valence-electron chi connectivity index (χ1n) is 8.86. The van der Waals surface area contributed by atoms with Gasteiger partial charge < -0.3 is 9.84 Å². The topological polar surface area (TPSA) is 63.6 Å². The Morgan fingerprint density at radius 2 is 1.65 bits per heavy atom. The fourth-order valence-electron chi connectivity index (χ4n) is 2.28. The summed E-state index contributed by atoms with van der Waals surface area (Å²) in [6.45, 7) is 7.54. The van der Waals surface area contributed by atoms with Gasteiger partial charge in [0, 0.05) is 0 Å². The fraction of sp³-hybridized carbons (Fsp3) is 0.789. The number of hydrogen-bond acceptors (Lipinski definition) is 3.